The first-order chi connectivity index (χ1) is 10.2. The van der Waals surface area contributed by atoms with Crippen LogP contribution in [0.3, 0.4) is 0 Å². The Morgan fingerprint density at radius 2 is 2.19 bits per heavy atom. The van der Waals surface area contributed by atoms with Gasteiger partial charge in [0.2, 0.25) is 0 Å². The van der Waals surface area contributed by atoms with Gasteiger partial charge in [0, 0.05) is 31.1 Å². The molecule has 1 atom stereocenters. The average Bonchev–Trinajstić information content (AvgIpc) is 3.01. The highest BCUT2D eigenvalue weighted by Gasteiger charge is 2.18. The summed E-state index contributed by atoms with van der Waals surface area (Å²) in [5.41, 5.74) is 1.80. The van der Waals surface area contributed by atoms with E-state index in [1.54, 1.807) is 6.07 Å². The topological polar surface area (TPSA) is 75.6 Å². The zero-order valence-electron chi connectivity index (χ0n) is 12.0. The van der Waals surface area contributed by atoms with Crippen LogP contribution in [0.4, 0.5) is 0 Å². The van der Waals surface area contributed by atoms with Crippen LogP contribution in [0.25, 0.3) is 0 Å². The molecule has 1 heterocycles. The number of benzene rings is 1. The molecule has 5 nitrogen and oxygen atoms in total. The number of unbranched alkanes of at least 4 members (excludes halogenated alkanes) is 1. The van der Waals surface area contributed by atoms with Crippen molar-refractivity contribution in [3.63, 3.8) is 0 Å². The average molecular weight is 291 g/mol. The molecule has 0 bridgehead atoms. The third-order valence-corrected chi connectivity index (χ3v) is 3.65. The Balaban J connectivity index is 1.81. The highest BCUT2D eigenvalue weighted by Crippen LogP contribution is 2.25. The second-order valence-corrected chi connectivity index (χ2v) is 5.29. The number of carbonyl (C=O) groups is 2. The SMILES string of the molecule is O=C(O)CCCCNC(=O)c1cccc(C2CCOC2)c1. The van der Waals surface area contributed by atoms with Crippen molar-refractivity contribution < 1.29 is 19.4 Å². The number of hydrogen-bond acceptors (Lipinski definition) is 3. The molecule has 21 heavy (non-hydrogen) atoms. The first-order valence-electron chi connectivity index (χ1n) is 7.34. The molecule has 1 aliphatic rings. The predicted molar refractivity (Wildman–Crippen MR) is 78.4 cm³/mol. The van der Waals surface area contributed by atoms with Crippen LogP contribution in [0.15, 0.2) is 24.3 Å². The molecule has 2 rings (SSSR count). The number of nitrogens with one attached hydrogen (secondary N) is 1. The van der Waals surface area contributed by atoms with E-state index in [2.05, 4.69) is 5.32 Å². The maximum atomic E-state index is 12.1. The molecule has 1 saturated heterocycles. The van der Waals surface area contributed by atoms with Gasteiger partial charge in [-0.15, -0.1) is 0 Å². The highest BCUT2D eigenvalue weighted by molar-refractivity contribution is 5.94. The Labute approximate surface area is 124 Å². The molecule has 0 spiro atoms. The summed E-state index contributed by atoms with van der Waals surface area (Å²) < 4.78 is 5.37. The van der Waals surface area contributed by atoms with Crippen molar-refractivity contribution in [3.05, 3.63) is 35.4 Å². The first kappa shape index (κ1) is 15.5. The van der Waals surface area contributed by atoms with Crippen LogP contribution in [0.2, 0.25) is 0 Å². The number of amides is 1. The molecule has 0 aromatic heterocycles. The van der Waals surface area contributed by atoms with Gasteiger partial charge in [-0.2, -0.15) is 0 Å². The monoisotopic (exact) mass is 291 g/mol. The normalized spacial score (nSPS) is 17.6. The predicted octanol–water partition coefficient (Wildman–Crippen LogP) is 2.18. The number of carboxylic acids is 1. The Morgan fingerprint density at radius 3 is 2.90 bits per heavy atom. The molecule has 114 valence electrons. The van der Waals surface area contributed by atoms with E-state index in [1.807, 2.05) is 18.2 Å². The summed E-state index contributed by atoms with van der Waals surface area (Å²) in [6.45, 7) is 2.01. The number of carbonyl (C=O) groups excluding carboxylic acids is 1. The number of rotatable bonds is 7. The first-order valence-corrected chi connectivity index (χ1v) is 7.34. The third kappa shape index (κ3) is 4.86. The van der Waals surface area contributed by atoms with Crippen molar-refractivity contribution in [3.8, 4) is 0 Å². The maximum Gasteiger partial charge on any atom is 0.303 e. The van der Waals surface area contributed by atoms with Gasteiger partial charge in [-0.05, 0) is 37.0 Å². The summed E-state index contributed by atoms with van der Waals surface area (Å²) in [6, 6.07) is 7.65. The van der Waals surface area contributed by atoms with Gasteiger partial charge in [0.1, 0.15) is 0 Å². The molecule has 1 aromatic carbocycles. The van der Waals surface area contributed by atoms with Gasteiger partial charge in [-0.25, -0.2) is 0 Å². The van der Waals surface area contributed by atoms with Crippen LogP contribution >= 0.6 is 0 Å². The van der Waals surface area contributed by atoms with E-state index >= 15 is 0 Å². The van der Waals surface area contributed by atoms with Gasteiger partial charge in [0.15, 0.2) is 0 Å². The smallest absolute Gasteiger partial charge is 0.303 e. The molecule has 1 aromatic rings. The van der Waals surface area contributed by atoms with E-state index in [-0.39, 0.29) is 12.3 Å². The number of hydrogen-bond donors (Lipinski definition) is 2. The van der Waals surface area contributed by atoms with E-state index in [1.165, 1.54) is 0 Å². The van der Waals surface area contributed by atoms with Crippen LogP contribution in [0.1, 0.15) is 47.5 Å². The number of carboxylic acid groups (broad SMARTS) is 1. The van der Waals surface area contributed by atoms with Gasteiger partial charge >= 0.3 is 5.97 Å². The molecular formula is C16H21NO4. The second-order valence-electron chi connectivity index (χ2n) is 5.29. The van der Waals surface area contributed by atoms with Crippen LogP contribution in [0.5, 0.6) is 0 Å². The molecular weight excluding hydrogens is 270 g/mol. The fourth-order valence-corrected chi connectivity index (χ4v) is 2.44. The second kappa shape index (κ2) is 7.78. The highest BCUT2D eigenvalue weighted by atomic mass is 16.5. The molecule has 1 aliphatic heterocycles. The molecule has 0 saturated carbocycles. The van der Waals surface area contributed by atoms with Crippen LogP contribution in [-0.4, -0.2) is 36.7 Å². The van der Waals surface area contributed by atoms with Crippen molar-refractivity contribution in [2.75, 3.05) is 19.8 Å². The van der Waals surface area contributed by atoms with Crippen LogP contribution < -0.4 is 5.32 Å². The summed E-state index contributed by atoms with van der Waals surface area (Å²) in [5.74, 6) is -0.521. The molecule has 0 radical (unpaired) electrons. The molecule has 0 aliphatic carbocycles. The molecule has 5 heteroatoms. The summed E-state index contributed by atoms with van der Waals surface area (Å²) in [7, 11) is 0. The standard InChI is InChI=1S/C16H21NO4/c18-15(19)6-1-2-8-17-16(20)13-5-3-4-12(10-13)14-7-9-21-11-14/h3-5,10,14H,1-2,6-9,11H2,(H,17,20)(H,18,19). The minimum Gasteiger partial charge on any atom is -0.481 e. The summed E-state index contributed by atoms with van der Waals surface area (Å²) in [5, 5.41) is 11.4. The van der Waals surface area contributed by atoms with E-state index in [0.29, 0.717) is 30.9 Å². The molecule has 1 amide bonds. The molecule has 1 unspecified atom stereocenters. The van der Waals surface area contributed by atoms with Crippen LogP contribution in [0, 0.1) is 0 Å². The Morgan fingerprint density at radius 1 is 1.33 bits per heavy atom. The number of aliphatic carboxylic acids is 1. The lowest BCUT2D eigenvalue weighted by Crippen LogP contribution is -2.24. The fraction of sp³-hybridized carbons (Fsp3) is 0.500. The van der Waals surface area contributed by atoms with Gasteiger partial charge in [-0.1, -0.05) is 12.1 Å². The van der Waals surface area contributed by atoms with Gasteiger partial charge in [0.05, 0.1) is 6.61 Å². The summed E-state index contributed by atoms with van der Waals surface area (Å²) in [4.78, 5) is 22.4. The summed E-state index contributed by atoms with van der Waals surface area (Å²) in [6.07, 6.45) is 2.40. The van der Waals surface area contributed by atoms with Crippen molar-refractivity contribution in [2.45, 2.75) is 31.6 Å². The van der Waals surface area contributed by atoms with E-state index in [0.717, 1.165) is 25.2 Å². The number of ether oxygens (including phenoxy) is 1. The van der Waals surface area contributed by atoms with Gasteiger partial charge in [0.25, 0.3) is 5.91 Å². The zero-order valence-corrected chi connectivity index (χ0v) is 12.0. The molecule has 1 fully saturated rings. The lowest BCUT2D eigenvalue weighted by atomic mass is 9.96. The quantitative estimate of drug-likeness (QED) is 0.755. The minimum absolute atomic E-state index is 0.105. The Bertz CT molecular complexity index is 495. The minimum atomic E-state index is -0.798. The molecule has 2 N–H and O–H groups in total. The third-order valence-electron chi connectivity index (χ3n) is 3.65. The van der Waals surface area contributed by atoms with Crippen molar-refractivity contribution in [1.82, 2.24) is 5.32 Å². The van der Waals surface area contributed by atoms with Gasteiger partial charge < -0.3 is 15.2 Å². The zero-order chi connectivity index (χ0) is 15.1. The lowest BCUT2D eigenvalue weighted by molar-refractivity contribution is -0.137. The largest absolute Gasteiger partial charge is 0.481 e. The van der Waals surface area contributed by atoms with E-state index in [9.17, 15) is 9.59 Å². The summed E-state index contributed by atoms with van der Waals surface area (Å²) >= 11 is 0. The van der Waals surface area contributed by atoms with Crippen molar-refractivity contribution >= 4 is 11.9 Å². The van der Waals surface area contributed by atoms with Gasteiger partial charge in [-0.3, -0.25) is 9.59 Å². The lowest BCUT2D eigenvalue weighted by Gasteiger charge is -2.10. The maximum absolute atomic E-state index is 12.1. The Hall–Kier alpha value is -1.88. The van der Waals surface area contributed by atoms with Crippen molar-refractivity contribution in [1.29, 1.82) is 0 Å². The van der Waals surface area contributed by atoms with Crippen molar-refractivity contribution in [2.24, 2.45) is 0 Å². The van der Waals surface area contributed by atoms with E-state index in [4.69, 9.17) is 9.84 Å². The fourth-order valence-electron chi connectivity index (χ4n) is 2.44. The Kier molecular flexibility index (Phi) is 5.75. The van der Waals surface area contributed by atoms with E-state index < -0.39 is 5.97 Å². The van der Waals surface area contributed by atoms with Crippen LogP contribution in [-0.2, 0) is 9.53 Å².